The van der Waals surface area contributed by atoms with Gasteiger partial charge in [0, 0.05) is 16.5 Å². The van der Waals surface area contributed by atoms with Crippen LogP contribution in [0.1, 0.15) is 65.8 Å². The zero-order valence-electron chi connectivity index (χ0n) is 11.3. The predicted octanol–water partition coefficient (Wildman–Crippen LogP) is 3.49. The summed E-state index contributed by atoms with van der Waals surface area (Å²) in [6.07, 6.45) is 5.31. The van der Waals surface area contributed by atoms with Gasteiger partial charge in [0.05, 0.1) is 5.69 Å². The second-order valence-electron chi connectivity index (χ2n) is 5.26. The van der Waals surface area contributed by atoms with E-state index in [4.69, 9.17) is 0 Å². The van der Waals surface area contributed by atoms with E-state index in [1.54, 1.807) is 11.3 Å². The minimum Gasteiger partial charge on any atom is -0.477 e. The molecule has 2 heterocycles. The van der Waals surface area contributed by atoms with Gasteiger partial charge in [-0.3, -0.25) is 4.40 Å². The number of hydrogen-bond acceptors (Lipinski definition) is 3. The van der Waals surface area contributed by atoms with Crippen LogP contribution in [0.15, 0.2) is 0 Å². The molecule has 0 aliphatic heterocycles. The van der Waals surface area contributed by atoms with Gasteiger partial charge in [0.2, 0.25) is 0 Å². The Morgan fingerprint density at radius 1 is 1.47 bits per heavy atom. The van der Waals surface area contributed by atoms with Gasteiger partial charge in [-0.2, -0.15) is 0 Å². The van der Waals surface area contributed by atoms with E-state index < -0.39 is 5.97 Å². The first-order valence-corrected chi connectivity index (χ1v) is 7.71. The van der Waals surface area contributed by atoms with Crippen molar-refractivity contribution >= 4 is 22.3 Å². The molecule has 1 unspecified atom stereocenters. The lowest BCUT2D eigenvalue weighted by Gasteiger charge is -2.12. The summed E-state index contributed by atoms with van der Waals surface area (Å²) in [6, 6.07) is 0. The first kappa shape index (κ1) is 12.7. The smallest absolute Gasteiger partial charge is 0.354 e. The van der Waals surface area contributed by atoms with Crippen LogP contribution in [0.5, 0.6) is 0 Å². The number of carboxylic acid groups (broad SMARTS) is 1. The maximum atomic E-state index is 11.6. The van der Waals surface area contributed by atoms with E-state index in [1.165, 1.54) is 17.0 Å². The largest absolute Gasteiger partial charge is 0.477 e. The van der Waals surface area contributed by atoms with Crippen molar-refractivity contribution in [2.75, 3.05) is 0 Å². The van der Waals surface area contributed by atoms with E-state index in [1.807, 2.05) is 11.3 Å². The molecule has 2 aromatic rings. The number of carboxylic acids is 1. The summed E-state index contributed by atoms with van der Waals surface area (Å²) in [4.78, 5) is 18.4. The Kier molecular flexibility index (Phi) is 3.09. The van der Waals surface area contributed by atoms with Crippen LogP contribution < -0.4 is 0 Å². The van der Waals surface area contributed by atoms with Crippen LogP contribution in [0.25, 0.3) is 4.96 Å². The van der Waals surface area contributed by atoms with Gasteiger partial charge < -0.3 is 5.11 Å². The Hall–Kier alpha value is -1.36. The fourth-order valence-corrected chi connectivity index (χ4v) is 4.01. The van der Waals surface area contributed by atoms with Crippen molar-refractivity contribution in [2.24, 2.45) is 0 Å². The molecule has 0 aromatic carbocycles. The highest BCUT2D eigenvalue weighted by molar-refractivity contribution is 7.17. The van der Waals surface area contributed by atoms with Gasteiger partial charge in [-0.05, 0) is 32.1 Å². The van der Waals surface area contributed by atoms with Crippen molar-refractivity contribution in [1.82, 2.24) is 9.38 Å². The van der Waals surface area contributed by atoms with Gasteiger partial charge in [-0.15, -0.1) is 11.3 Å². The maximum Gasteiger partial charge on any atom is 0.354 e. The molecular weight excluding hydrogens is 260 g/mol. The fourth-order valence-electron chi connectivity index (χ4n) is 2.80. The van der Waals surface area contributed by atoms with Crippen LogP contribution in [0, 0.1) is 0 Å². The molecule has 1 N–H and O–H groups in total. The molecule has 0 saturated carbocycles. The van der Waals surface area contributed by atoms with Crippen LogP contribution in [0.3, 0.4) is 0 Å². The first-order chi connectivity index (χ1) is 9.13. The Labute approximate surface area is 116 Å². The number of aromatic carboxylic acids is 1. The molecule has 1 aliphatic carbocycles. The van der Waals surface area contributed by atoms with Gasteiger partial charge >= 0.3 is 5.97 Å². The lowest BCUT2D eigenvalue weighted by Crippen LogP contribution is -2.11. The third-order valence-corrected chi connectivity index (χ3v) is 5.17. The van der Waals surface area contributed by atoms with E-state index in [-0.39, 0.29) is 5.92 Å². The van der Waals surface area contributed by atoms with E-state index in [9.17, 15) is 9.90 Å². The average molecular weight is 278 g/mol. The Morgan fingerprint density at radius 3 is 2.89 bits per heavy atom. The van der Waals surface area contributed by atoms with Crippen molar-refractivity contribution < 1.29 is 9.90 Å². The topological polar surface area (TPSA) is 54.6 Å². The predicted molar refractivity (Wildman–Crippen MR) is 75.4 cm³/mol. The molecule has 1 atom stereocenters. The van der Waals surface area contributed by atoms with Crippen molar-refractivity contribution in [2.45, 2.75) is 51.9 Å². The average Bonchev–Trinajstić information content (AvgIpc) is 2.92. The van der Waals surface area contributed by atoms with Gasteiger partial charge in [0.15, 0.2) is 10.7 Å². The van der Waals surface area contributed by atoms with Crippen molar-refractivity contribution in [3.05, 3.63) is 22.0 Å². The Balaban J connectivity index is 2.27. The van der Waals surface area contributed by atoms with Crippen molar-refractivity contribution in [1.29, 1.82) is 0 Å². The normalized spacial score (nSPS) is 16.5. The van der Waals surface area contributed by atoms with E-state index >= 15 is 0 Å². The molecule has 3 rings (SSSR count). The van der Waals surface area contributed by atoms with E-state index in [2.05, 4.69) is 11.9 Å². The Bertz CT molecular complexity index is 641. The molecule has 2 aromatic heterocycles. The molecule has 1 aliphatic rings. The van der Waals surface area contributed by atoms with Gasteiger partial charge in [0.25, 0.3) is 0 Å². The summed E-state index contributed by atoms with van der Waals surface area (Å²) >= 11 is 1.67. The van der Waals surface area contributed by atoms with Crippen LogP contribution in [-0.2, 0) is 12.8 Å². The highest BCUT2D eigenvalue weighted by Gasteiger charge is 2.27. The summed E-state index contributed by atoms with van der Waals surface area (Å²) in [5, 5.41) is 9.56. The number of aromatic nitrogens is 2. The summed E-state index contributed by atoms with van der Waals surface area (Å²) in [5.74, 6) is -0.661. The van der Waals surface area contributed by atoms with Crippen molar-refractivity contribution in [3.8, 4) is 0 Å². The number of rotatable bonds is 3. The van der Waals surface area contributed by atoms with Gasteiger partial charge in [-0.1, -0.05) is 13.8 Å². The summed E-state index contributed by atoms with van der Waals surface area (Å²) in [5.41, 5.74) is 2.32. The monoisotopic (exact) mass is 278 g/mol. The molecule has 5 heteroatoms. The molecule has 0 saturated heterocycles. The van der Waals surface area contributed by atoms with Crippen LogP contribution in [0.4, 0.5) is 0 Å². The Morgan fingerprint density at radius 2 is 2.21 bits per heavy atom. The van der Waals surface area contributed by atoms with Gasteiger partial charge in [-0.25, -0.2) is 9.78 Å². The van der Waals surface area contributed by atoms with Crippen molar-refractivity contribution in [3.63, 3.8) is 0 Å². The number of aryl methyl sites for hydroxylation is 2. The summed E-state index contributed by atoms with van der Waals surface area (Å²) in [7, 11) is 0. The SMILES string of the molecule is CCC(C)c1nc2sc3c(n2c1C(=O)O)CCCC3. The minimum atomic E-state index is -0.853. The molecular formula is C14H18N2O2S. The first-order valence-electron chi connectivity index (χ1n) is 6.89. The fraction of sp³-hybridized carbons (Fsp3) is 0.571. The molecule has 0 fully saturated rings. The van der Waals surface area contributed by atoms with Crippen LogP contribution in [0.2, 0.25) is 0 Å². The van der Waals surface area contributed by atoms with E-state index in [0.29, 0.717) is 5.69 Å². The molecule has 0 amide bonds. The molecule has 4 nitrogen and oxygen atoms in total. The molecule has 19 heavy (non-hydrogen) atoms. The number of thiazole rings is 1. The minimum absolute atomic E-state index is 0.192. The molecule has 0 bridgehead atoms. The number of fused-ring (bicyclic) bond motifs is 3. The highest BCUT2D eigenvalue weighted by atomic mass is 32.1. The maximum absolute atomic E-state index is 11.6. The summed E-state index contributed by atoms with van der Waals surface area (Å²) < 4.78 is 1.91. The number of nitrogens with zero attached hydrogens (tertiary/aromatic N) is 2. The third-order valence-electron chi connectivity index (χ3n) is 4.03. The zero-order chi connectivity index (χ0) is 13.6. The number of carbonyl (C=O) groups is 1. The zero-order valence-corrected chi connectivity index (χ0v) is 12.1. The second-order valence-corrected chi connectivity index (χ2v) is 6.32. The number of hydrogen-bond donors (Lipinski definition) is 1. The lowest BCUT2D eigenvalue weighted by molar-refractivity contribution is 0.0687. The second kappa shape index (κ2) is 4.63. The van der Waals surface area contributed by atoms with E-state index in [0.717, 1.165) is 36.3 Å². The molecule has 0 radical (unpaired) electrons. The lowest BCUT2D eigenvalue weighted by atomic mass is 10.0. The molecule has 0 spiro atoms. The highest BCUT2D eigenvalue weighted by Crippen LogP contribution is 2.34. The van der Waals surface area contributed by atoms with Crippen LogP contribution in [-0.4, -0.2) is 20.5 Å². The van der Waals surface area contributed by atoms with Gasteiger partial charge in [0.1, 0.15) is 0 Å². The third kappa shape index (κ3) is 1.87. The molecule has 102 valence electrons. The van der Waals surface area contributed by atoms with Crippen LogP contribution >= 0.6 is 11.3 Å². The standard InChI is InChI=1S/C14H18N2O2S/c1-3-8(2)11-12(13(17)18)16-9-6-4-5-7-10(9)19-14(16)15-11/h8H,3-7H2,1-2H3,(H,17,18). The number of imidazole rings is 1. The summed E-state index contributed by atoms with van der Waals surface area (Å²) in [6.45, 7) is 4.12. The quantitative estimate of drug-likeness (QED) is 0.935.